The molecular weight excluding hydrogens is 240 g/mol. The van der Waals surface area contributed by atoms with Crippen LogP contribution in [0.15, 0.2) is 12.4 Å². The van der Waals surface area contributed by atoms with Crippen molar-refractivity contribution in [3.8, 4) is 0 Å². The first-order chi connectivity index (χ1) is 9.15. The molecule has 106 valence electrons. The minimum absolute atomic E-state index is 0.209. The number of carbonyl (C=O) groups is 1. The van der Waals surface area contributed by atoms with Crippen molar-refractivity contribution in [1.29, 1.82) is 0 Å². The van der Waals surface area contributed by atoms with Gasteiger partial charge in [0.25, 0.3) is 0 Å². The van der Waals surface area contributed by atoms with E-state index in [1.54, 1.807) is 6.92 Å². The van der Waals surface area contributed by atoms with E-state index < -0.39 is 0 Å². The molecule has 5 heteroatoms. The third-order valence-corrected chi connectivity index (χ3v) is 3.77. The van der Waals surface area contributed by atoms with Crippen molar-refractivity contribution < 1.29 is 4.79 Å². The summed E-state index contributed by atoms with van der Waals surface area (Å²) in [6.07, 6.45) is 6.19. The molecule has 1 aliphatic heterocycles. The monoisotopic (exact) mass is 264 g/mol. The number of hydrogen-bond donors (Lipinski definition) is 1. The molecule has 1 aromatic heterocycles. The summed E-state index contributed by atoms with van der Waals surface area (Å²) in [6.45, 7) is 8.46. The molecule has 0 spiro atoms. The lowest BCUT2D eigenvalue weighted by atomic mass is 9.97. The Balaban J connectivity index is 1.58. The number of piperidine rings is 1. The van der Waals surface area contributed by atoms with Gasteiger partial charge in [0.1, 0.15) is 0 Å². The van der Waals surface area contributed by atoms with E-state index in [0.717, 1.165) is 45.6 Å². The Kier molecular flexibility index (Phi) is 4.96. The molecular formula is C14H24N4O. The zero-order valence-electron chi connectivity index (χ0n) is 11.9. The fraction of sp³-hybridized carbons (Fsp3) is 0.714. The molecule has 2 heterocycles. The second kappa shape index (κ2) is 6.70. The molecule has 0 aromatic carbocycles. The highest BCUT2D eigenvalue weighted by Gasteiger charge is 2.19. The van der Waals surface area contributed by atoms with Crippen molar-refractivity contribution >= 4 is 5.91 Å². The first-order valence-electron chi connectivity index (χ1n) is 7.10. The zero-order chi connectivity index (χ0) is 13.7. The number of rotatable bonds is 5. The normalized spacial score (nSPS) is 16.8. The molecule has 1 amide bonds. The van der Waals surface area contributed by atoms with Gasteiger partial charge in [-0.3, -0.25) is 9.48 Å². The van der Waals surface area contributed by atoms with Crippen LogP contribution in [0.1, 0.15) is 25.3 Å². The SMILES string of the molecule is CC(=O)N1CCC(CNCCn2cc(C)cn2)CC1. The molecule has 1 aliphatic rings. The number of likely N-dealkylation sites (tertiary alicyclic amines) is 1. The van der Waals surface area contributed by atoms with Gasteiger partial charge in [-0.15, -0.1) is 0 Å². The van der Waals surface area contributed by atoms with Gasteiger partial charge in [-0.1, -0.05) is 0 Å². The van der Waals surface area contributed by atoms with Gasteiger partial charge in [0, 0.05) is 32.8 Å². The van der Waals surface area contributed by atoms with Crippen molar-refractivity contribution in [2.24, 2.45) is 5.92 Å². The van der Waals surface area contributed by atoms with Crippen molar-refractivity contribution in [2.75, 3.05) is 26.2 Å². The van der Waals surface area contributed by atoms with Crippen LogP contribution in [0.3, 0.4) is 0 Å². The summed E-state index contributed by atoms with van der Waals surface area (Å²) in [7, 11) is 0. The van der Waals surface area contributed by atoms with Gasteiger partial charge in [-0.05, 0) is 37.8 Å². The summed E-state index contributed by atoms with van der Waals surface area (Å²) in [5.74, 6) is 0.912. The van der Waals surface area contributed by atoms with E-state index in [9.17, 15) is 4.79 Å². The predicted molar refractivity (Wildman–Crippen MR) is 74.8 cm³/mol. The number of nitrogens with one attached hydrogen (secondary N) is 1. The molecule has 5 nitrogen and oxygen atoms in total. The average molecular weight is 264 g/mol. The van der Waals surface area contributed by atoms with E-state index >= 15 is 0 Å². The molecule has 0 atom stereocenters. The van der Waals surface area contributed by atoms with E-state index in [1.807, 2.05) is 15.8 Å². The van der Waals surface area contributed by atoms with E-state index in [-0.39, 0.29) is 5.91 Å². The van der Waals surface area contributed by atoms with Crippen LogP contribution < -0.4 is 5.32 Å². The molecule has 1 fully saturated rings. The maximum atomic E-state index is 11.2. The number of hydrogen-bond acceptors (Lipinski definition) is 3. The smallest absolute Gasteiger partial charge is 0.219 e. The fourth-order valence-corrected chi connectivity index (χ4v) is 2.54. The van der Waals surface area contributed by atoms with Crippen LogP contribution in [0.2, 0.25) is 0 Å². The summed E-state index contributed by atoms with van der Waals surface area (Å²) < 4.78 is 1.97. The Hall–Kier alpha value is -1.36. The van der Waals surface area contributed by atoms with Gasteiger partial charge in [0.2, 0.25) is 5.91 Å². The van der Waals surface area contributed by atoms with Crippen LogP contribution in [-0.4, -0.2) is 46.8 Å². The van der Waals surface area contributed by atoms with Gasteiger partial charge >= 0.3 is 0 Å². The topological polar surface area (TPSA) is 50.2 Å². The molecule has 1 N–H and O–H groups in total. The molecule has 0 saturated carbocycles. The Morgan fingerprint density at radius 2 is 2.21 bits per heavy atom. The highest BCUT2D eigenvalue weighted by atomic mass is 16.2. The van der Waals surface area contributed by atoms with Crippen LogP contribution >= 0.6 is 0 Å². The lowest BCUT2D eigenvalue weighted by Crippen LogP contribution is -2.40. The number of aryl methyl sites for hydroxylation is 1. The van der Waals surface area contributed by atoms with Crippen molar-refractivity contribution in [3.63, 3.8) is 0 Å². The Labute approximate surface area is 115 Å². The third-order valence-electron chi connectivity index (χ3n) is 3.77. The summed E-state index contributed by atoms with van der Waals surface area (Å²) in [4.78, 5) is 13.2. The molecule has 19 heavy (non-hydrogen) atoms. The summed E-state index contributed by atoms with van der Waals surface area (Å²) in [5.41, 5.74) is 1.21. The Bertz CT molecular complexity index is 407. The quantitative estimate of drug-likeness (QED) is 0.808. The average Bonchev–Trinajstić information content (AvgIpc) is 2.81. The molecule has 1 aromatic rings. The van der Waals surface area contributed by atoms with Crippen molar-refractivity contribution in [3.05, 3.63) is 18.0 Å². The van der Waals surface area contributed by atoms with Crippen molar-refractivity contribution in [2.45, 2.75) is 33.2 Å². The summed E-state index contributed by atoms with van der Waals surface area (Å²) in [5, 5.41) is 7.75. The highest BCUT2D eigenvalue weighted by molar-refractivity contribution is 5.73. The molecule has 0 bridgehead atoms. The standard InChI is InChI=1S/C14H24N4O/c1-12-9-16-18(11-12)8-5-15-10-14-3-6-17(7-4-14)13(2)19/h9,11,14-15H,3-8,10H2,1-2H3. The molecule has 2 rings (SSSR count). The molecule has 0 unspecified atom stereocenters. The lowest BCUT2D eigenvalue weighted by molar-refractivity contribution is -0.130. The number of carbonyl (C=O) groups excluding carboxylic acids is 1. The zero-order valence-corrected chi connectivity index (χ0v) is 11.9. The third kappa shape index (κ3) is 4.35. The lowest BCUT2D eigenvalue weighted by Gasteiger charge is -2.31. The largest absolute Gasteiger partial charge is 0.343 e. The minimum Gasteiger partial charge on any atom is -0.343 e. The van der Waals surface area contributed by atoms with Crippen LogP contribution in [0, 0.1) is 12.8 Å². The van der Waals surface area contributed by atoms with Crippen LogP contribution in [0.25, 0.3) is 0 Å². The van der Waals surface area contributed by atoms with E-state index in [4.69, 9.17) is 0 Å². The number of amides is 1. The maximum Gasteiger partial charge on any atom is 0.219 e. The van der Waals surface area contributed by atoms with E-state index in [0.29, 0.717) is 5.92 Å². The van der Waals surface area contributed by atoms with E-state index in [2.05, 4.69) is 23.5 Å². The second-order valence-corrected chi connectivity index (χ2v) is 5.43. The van der Waals surface area contributed by atoms with E-state index in [1.165, 1.54) is 5.56 Å². The van der Waals surface area contributed by atoms with Crippen LogP contribution in [-0.2, 0) is 11.3 Å². The van der Waals surface area contributed by atoms with Crippen molar-refractivity contribution in [1.82, 2.24) is 20.0 Å². The second-order valence-electron chi connectivity index (χ2n) is 5.43. The van der Waals surface area contributed by atoms with Crippen LogP contribution in [0.5, 0.6) is 0 Å². The van der Waals surface area contributed by atoms with Gasteiger partial charge in [0.05, 0.1) is 12.7 Å². The summed E-state index contributed by atoms with van der Waals surface area (Å²) >= 11 is 0. The summed E-state index contributed by atoms with van der Waals surface area (Å²) in [6, 6.07) is 0. The fourth-order valence-electron chi connectivity index (χ4n) is 2.54. The highest BCUT2D eigenvalue weighted by Crippen LogP contribution is 2.16. The Morgan fingerprint density at radius 3 is 2.79 bits per heavy atom. The minimum atomic E-state index is 0.209. The van der Waals surface area contributed by atoms with Gasteiger partial charge in [-0.25, -0.2) is 0 Å². The maximum absolute atomic E-state index is 11.2. The number of aromatic nitrogens is 2. The van der Waals surface area contributed by atoms with Gasteiger partial charge in [-0.2, -0.15) is 5.10 Å². The number of nitrogens with zero attached hydrogens (tertiary/aromatic N) is 3. The Morgan fingerprint density at radius 1 is 1.47 bits per heavy atom. The molecule has 0 aliphatic carbocycles. The van der Waals surface area contributed by atoms with Gasteiger partial charge < -0.3 is 10.2 Å². The van der Waals surface area contributed by atoms with Gasteiger partial charge in [0.15, 0.2) is 0 Å². The molecule has 0 radical (unpaired) electrons. The first-order valence-corrected chi connectivity index (χ1v) is 7.10. The first kappa shape index (κ1) is 14.1. The van der Waals surface area contributed by atoms with Crippen LogP contribution in [0.4, 0.5) is 0 Å². The molecule has 1 saturated heterocycles. The predicted octanol–water partition coefficient (Wildman–Crippen LogP) is 1.04.